The van der Waals surface area contributed by atoms with Gasteiger partial charge in [0.25, 0.3) is 0 Å². The quantitative estimate of drug-likeness (QED) is 0.658. The monoisotopic (exact) mass is 303 g/mol. The van der Waals surface area contributed by atoms with Gasteiger partial charge in [-0.15, -0.1) is 24.0 Å². The molecule has 2 N–H and O–H groups in total. The van der Waals surface area contributed by atoms with Crippen molar-refractivity contribution in [3.8, 4) is 0 Å². The molecule has 0 saturated carbocycles. The average Bonchev–Trinajstić information content (AvgIpc) is 2.01. The van der Waals surface area contributed by atoms with Crippen LogP contribution in [0.25, 0.3) is 0 Å². The highest BCUT2D eigenvalue weighted by Gasteiger charge is 2.09. The predicted octanol–water partition coefficient (Wildman–Crippen LogP) is 2.22. The molecule has 0 heterocycles. The van der Waals surface area contributed by atoms with Gasteiger partial charge in [-0.3, -0.25) is 0 Å². The maximum Gasteiger partial charge on any atom is 0.194 e. The van der Waals surface area contributed by atoms with Gasteiger partial charge in [0.15, 0.2) is 17.5 Å². The van der Waals surface area contributed by atoms with Gasteiger partial charge in [0.1, 0.15) is 0 Å². The first kappa shape index (κ1) is 12.7. The van der Waals surface area contributed by atoms with Gasteiger partial charge in [-0.05, 0) is 30.7 Å². The molecule has 0 aliphatic rings. The van der Waals surface area contributed by atoms with Crippen LogP contribution >= 0.6 is 24.0 Å². The zero-order chi connectivity index (χ0) is 9.14. The van der Waals surface area contributed by atoms with Gasteiger partial charge in [0, 0.05) is 0 Å². The normalized spacial score (nSPS) is 9.54. The maximum atomic E-state index is 12.5. The van der Waals surface area contributed by atoms with Crippen molar-refractivity contribution in [3.05, 3.63) is 35.1 Å². The molecule has 0 unspecified atom stereocenters. The second kappa shape index (κ2) is 5.43. The zero-order valence-electron chi connectivity index (χ0n) is 6.69. The fourth-order valence-corrected chi connectivity index (χ4v) is 0.919. The predicted molar refractivity (Wildman–Crippen MR) is 54.5 cm³/mol. The second-order valence-corrected chi connectivity index (χ2v) is 2.41. The van der Waals surface area contributed by atoms with E-state index in [1.807, 2.05) is 0 Å². The van der Waals surface area contributed by atoms with Crippen molar-refractivity contribution in [3.63, 3.8) is 0 Å². The third kappa shape index (κ3) is 3.15. The summed E-state index contributed by atoms with van der Waals surface area (Å²) >= 11 is 0. The van der Waals surface area contributed by atoms with Gasteiger partial charge < -0.3 is 5.73 Å². The summed E-state index contributed by atoms with van der Waals surface area (Å²) in [5.74, 6) is -3.77. The van der Waals surface area contributed by atoms with Crippen molar-refractivity contribution in [1.82, 2.24) is 0 Å². The Labute approximate surface area is 91.1 Å². The molecular weight excluding hydrogens is 294 g/mol. The Kier molecular flexibility index (Phi) is 5.31. The van der Waals surface area contributed by atoms with Crippen molar-refractivity contribution < 1.29 is 13.2 Å². The summed E-state index contributed by atoms with van der Waals surface area (Å²) in [6, 6.07) is 1.90. The van der Waals surface area contributed by atoms with E-state index in [1.165, 1.54) is 0 Å². The molecule has 13 heavy (non-hydrogen) atoms. The van der Waals surface area contributed by atoms with Gasteiger partial charge >= 0.3 is 0 Å². The summed E-state index contributed by atoms with van der Waals surface area (Å²) in [6.07, 6.45) is 0.341. The van der Waals surface area contributed by atoms with E-state index in [4.69, 9.17) is 5.73 Å². The summed E-state index contributed by atoms with van der Waals surface area (Å²) in [7, 11) is 0. The minimum atomic E-state index is -1.43. The van der Waals surface area contributed by atoms with Crippen LogP contribution in [0.4, 0.5) is 13.2 Å². The van der Waals surface area contributed by atoms with Crippen LogP contribution in [0.3, 0.4) is 0 Å². The van der Waals surface area contributed by atoms with Crippen LogP contribution in [-0.4, -0.2) is 6.54 Å². The van der Waals surface area contributed by atoms with Crippen molar-refractivity contribution >= 4 is 24.0 Å². The molecule has 0 saturated heterocycles. The molecule has 5 heteroatoms. The van der Waals surface area contributed by atoms with Crippen LogP contribution in [0, 0.1) is 17.5 Å². The molecular formula is C8H9F3IN. The van der Waals surface area contributed by atoms with Crippen molar-refractivity contribution in [2.45, 2.75) is 6.42 Å². The van der Waals surface area contributed by atoms with Gasteiger partial charge in [0.2, 0.25) is 0 Å². The average molecular weight is 303 g/mol. The van der Waals surface area contributed by atoms with E-state index in [2.05, 4.69) is 0 Å². The van der Waals surface area contributed by atoms with Crippen molar-refractivity contribution in [1.29, 1.82) is 0 Å². The Morgan fingerprint density at radius 3 is 1.92 bits per heavy atom. The Balaban J connectivity index is 0.00000144. The highest BCUT2D eigenvalue weighted by atomic mass is 127. The van der Waals surface area contributed by atoms with Crippen LogP contribution in [0.5, 0.6) is 0 Å². The first-order chi connectivity index (χ1) is 5.65. The number of benzene rings is 1. The lowest BCUT2D eigenvalue weighted by Crippen LogP contribution is -2.04. The molecule has 0 atom stereocenters. The highest BCUT2D eigenvalue weighted by Crippen LogP contribution is 2.13. The molecule has 0 radical (unpaired) electrons. The molecule has 0 spiro atoms. The summed E-state index contributed by atoms with van der Waals surface area (Å²) in [5.41, 5.74) is 5.53. The first-order valence-corrected chi connectivity index (χ1v) is 3.48. The van der Waals surface area contributed by atoms with E-state index in [1.54, 1.807) is 0 Å². The standard InChI is InChI=1S/C8H8F3N.HI/c9-6-3-5(1-2-12)4-7(10)8(6)11;/h3-4H,1-2,12H2;1H. The second-order valence-electron chi connectivity index (χ2n) is 2.41. The summed E-state index contributed by atoms with van der Waals surface area (Å²) in [5, 5.41) is 0. The molecule has 0 fully saturated rings. The van der Waals surface area contributed by atoms with E-state index in [0.717, 1.165) is 12.1 Å². The fraction of sp³-hybridized carbons (Fsp3) is 0.250. The number of hydrogen-bond donors (Lipinski definition) is 1. The SMILES string of the molecule is I.NCCc1cc(F)c(F)c(F)c1. The lowest BCUT2D eigenvalue weighted by Gasteiger charge is -2.00. The van der Waals surface area contributed by atoms with E-state index in [-0.39, 0.29) is 30.5 Å². The molecule has 1 nitrogen and oxygen atoms in total. The number of hydrogen-bond acceptors (Lipinski definition) is 1. The number of rotatable bonds is 2. The van der Waals surface area contributed by atoms with Gasteiger partial charge in [-0.25, -0.2) is 13.2 Å². The Hall–Kier alpha value is -0.300. The molecule has 0 aliphatic heterocycles. The lowest BCUT2D eigenvalue weighted by molar-refractivity contribution is 0.445. The van der Waals surface area contributed by atoms with Gasteiger partial charge in [-0.1, -0.05) is 0 Å². The molecule has 0 aromatic heterocycles. The maximum absolute atomic E-state index is 12.5. The van der Waals surface area contributed by atoms with Crippen LogP contribution < -0.4 is 5.73 Å². The molecule has 0 amide bonds. The molecule has 0 aliphatic carbocycles. The molecule has 1 rings (SSSR count). The molecule has 0 bridgehead atoms. The largest absolute Gasteiger partial charge is 0.330 e. The third-order valence-electron chi connectivity index (χ3n) is 1.48. The Bertz CT molecular complexity index is 268. The van der Waals surface area contributed by atoms with E-state index in [0.29, 0.717) is 12.0 Å². The lowest BCUT2D eigenvalue weighted by atomic mass is 10.1. The summed E-state index contributed by atoms with van der Waals surface area (Å²) in [6.45, 7) is 0.282. The van der Waals surface area contributed by atoms with Gasteiger partial charge in [-0.2, -0.15) is 0 Å². The fourth-order valence-electron chi connectivity index (χ4n) is 0.919. The minimum absolute atomic E-state index is 0. The first-order valence-electron chi connectivity index (χ1n) is 3.48. The summed E-state index contributed by atoms with van der Waals surface area (Å²) < 4.78 is 37.4. The van der Waals surface area contributed by atoms with Crippen LogP contribution in [-0.2, 0) is 6.42 Å². The van der Waals surface area contributed by atoms with E-state index >= 15 is 0 Å². The van der Waals surface area contributed by atoms with Crippen LogP contribution in [0.2, 0.25) is 0 Å². The topological polar surface area (TPSA) is 26.0 Å². The van der Waals surface area contributed by atoms with E-state index in [9.17, 15) is 13.2 Å². The van der Waals surface area contributed by atoms with Crippen LogP contribution in [0.15, 0.2) is 12.1 Å². The smallest absolute Gasteiger partial charge is 0.194 e. The highest BCUT2D eigenvalue weighted by molar-refractivity contribution is 14.0. The Morgan fingerprint density at radius 1 is 1.08 bits per heavy atom. The van der Waals surface area contributed by atoms with Crippen LogP contribution in [0.1, 0.15) is 5.56 Å². The number of nitrogens with two attached hydrogens (primary N) is 1. The van der Waals surface area contributed by atoms with E-state index < -0.39 is 17.5 Å². The van der Waals surface area contributed by atoms with Crippen molar-refractivity contribution in [2.75, 3.05) is 6.54 Å². The summed E-state index contributed by atoms with van der Waals surface area (Å²) in [4.78, 5) is 0. The third-order valence-corrected chi connectivity index (χ3v) is 1.48. The molecule has 1 aromatic rings. The zero-order valence-corrected chi connectivity index (χ0v) is 9.02. The van der Waals surface area contributed by atoms with Gasteiger partial charge in [0.05, 0.1) is 0 Å². The molecule has 74 valence electrons. The van der Waals surface area contributed by atoms with Crippen molar-refractivity contribution in [2.24, 2.45) is 5.73 Å². The number of halogens is 4. The Morgan fingerprint density at radius 2 is 1.54 bits per heavy atom. The molecule has 1 aromatic carbocycles. The minimum Gasteiger partial charge on any atom is -0.330 e.